The number of nitrogen functional groups attached to an aromatic ring is 1. The molecule has 0 aliphatic carbocycles. The molecule has 0 aliphatic heterocycles. The molecule has 1 atom stereocenters. The molecule has 21 heavy (non-hydrogen) atoms. The van der Waals surface area contributed by atoms with Gasteiger partial charge in [0.1, 0.15) is 0 Å². The maximum Gasteiger partial charge on any atom is 0.225 e. The van der Waals surface area contributed by atoms with Crippen molar-refractivity contribution in [1.82, 2.24) is 5.32 Å². The van der Waals surface area contributed by atoms with Gasteiger partial charge in [-0.3, -0.25) is 4.79 Å². The Morgan fingerprint density at radius 1 is 1.24 bits per heavy atom. The first kappa shape index (κ1) is 15.0. The highest BCUT2D eigenvalue weighted by Crippen LogP contribution is 2.16. The summed E-state index contributed by atoms with van der Waals surface area (Å²) in [6.07, 6.45) is -0.212. The van der Waals surface area contributed by atoms with Gasteiger partial charge in [0.05, 0.1) is 12.5 Å². The van der Waals surface area contributed by atoms with Gasteiger partial charge >= 0.3 is 0 Å². The Hall–Kier alpha value is -2.43. The van der Waals surface area contributed by atoms with E-state index in [1.165, 1.54) is 12.1 Å². The smallest absolute Gasteiger partial charge is 0.225 e. The highest BCUT2D eigenvalue weighted by atomic mass is 19.2. The van der Waals surface area contributed by atoms with Crippen molar-refractivity contribution in [2.24, 2.45) is 0 Å². The van der Waals surface area contributed by atoms with Crippen molar-refractivity contribution < 1.29 is 13.6 Å². The van der Waals surface area contributed by atoms with Crippen LogP contribution in [0.15, 0.2) is 42.5 Å². The number of anilines is 1. The molecule has 1 unspecified atom stereocenters. The lowest BCUT2D eigenvalue weighted by Gasteiger charge is -2.15. The van der Waals surface area contributed by atoms with Crippen LogP contribution in [-0.4, -0.2) is 5.91 Å². The van der Waals surface area contributed by atoms with Gasteiger partial charge in [0.2, 0.25) is 5.91 Å². The van der Waals surface area contributed by atoms with E-state index >= 15 is 0 Å². The topological polar surface area (TPSA) is 55.1 Å². The Labute approximate surface area is 121 Å². The minimum atomic E-state index is -0.982. The van der Waals surface area contributed by atoms with E-state index in [9.17, 15) is 13.6 Å². The first-order chi connectivity index (χ1) is 9.97. The van der Waals surface area contributed by atoms with Crippen LogP contribution in [0.5, 0.6) is 0 Å². The van der Waals surface area contributed by atoms with Gasteiger partial charge in [-0.05, 0) is 30.7 Å². The Kier molecular flexibility index (Phi) is 4.52. The molecule has 0 bridgehead atoms. The first-order valence-corrected chi connectivity index (χ1v) is 6.55. The molecule has 0 spiro atoms. The van der Waals surface area contributed by atoms with Crippen molar-refractivity contribution in [3.05, 3.63) is 65.2 Å². The molecule has 0 aromatic heterocycles. The summed E-state index contributed by atoms with van der Waals surface area (Å²) in [4.78, 5) is 11.9. The average Bonchev–Trinajstić information content (AvgIpc) is 2.44. The molecule has 0 heterocycles. The lowest BCUT2D eigenvalue weighted by molar-refractivity contribution is -0.121. The summed E-state index contributed by atoms with van der Waals surface area (Å²) < 4.78 is 26.6. The predicted octanol–water partition coefficient (Wildman–Crippen LogP) is 2.97. The van der Waals surface area contributed by atoms with Crippen LogP contribution in [0.3, 0.4) is 0 Å². The van der Waals surface area contributed by atoms with E-state index in [0.29, 0.717) is 5.69 Å². The molecule has 0 aliphatic rings. The van der Waals surface area contributed by atoms with Crippen LogP contribution in [-0.2, 0) is 11.2 Å². The summed E-state index contributed by atoms with van der Waals surface area (Å²) in [5, 5.41) is 2.73. The summed E-state index contributed by atoms with van der Waals surface area (Å²) in [5.74, 6) is -2.32. The van der Waals surface area contributed by atoms with E-state index in [-0.39, 0.29) is 23.9 Å². The second-order valence-electron chi connectivity index (χ2n) is 4.85. The fourth-order valence-electron chi connectivity index (χ4n) is 2.06. The average molecular weight is 290 g/mol. The Morgan fingerprint density at radius 3 is 2.67 bits per heavy atom. The molecule has 3 N–H and O–H groups in total. The molecule has 0 radical (unpaired) electrons. The predicted molar refractivity (Wildman–Crippen MR) is 77.5 cm³/mol. The van der Waals surface area contributed by atoms with E-state index in [0.717, 1.165) is 11.6 Å². The molecule has 3 nitrogen and oxygen atoms in total. The van der Waals surface area contributed by atoms with Crippen LogP contribution in [0.4, 0.5) is 14.5 Å². The van der Waals surface area contributed by atoms with Gasteiger partial charge in [0.15, 0.2) is 11.6 Å². The molecule has 0 fully saturated rings. The first-order valence-electron chi connectivity index (χ1n) is 6.55. The van der Waals surface area contributed by atoms with Crippen molar-refractivity contribution in [2.75, 3.05) is 5.73 Å². The minimum Gasteiger partial charge on any atom is -0.399 e. The molecule has 110 valence electrons. The zero-order valence-electron chi connectivity index (χ0n) is 11.6. The van der Waals surface area contributed by atoms with Crippen molar-refractivity contribution >= 4 is 11.6 Å². The third-order valence-electron chi connectivity index (χ3n) is 3.17. The lowest BCUT2D eigenvalue weighted by atomic mass is 10.1. The summed E-state index contributed by atoms with van der Waals surface area (Å²) >= 11 is 0. The molecule has 0 saturated heterocycles. The number of rotatable bonds is 4. The molecule has 2 aromatic rings. The van der Waals surface area contributed by atoms with Gasteiger partial charge in [0.25, 0.3) is 0 Å². The summed E-state index contributed by atoms with van der Waals surface area (Å²) in [5.41, 5.74) is 7.17. The van der Waals surface area contributed by atoms with Gasteiger partial charge in [-0.15, -0.1) is 0 Å². The van der Waals surface area contributed by atoms with Gasteiger partial charge in [0, 0.05) is 11.3 Å². The highest BCUT2D eigenvalue weighted by molar-refractivity contribution is 5.79. The highest BCUT2D eigenvalue weighted by Gasteiger charge is 2.14. The van der Waals surface area contributed by atoms with Crippen LogP contribution in [0, 0.1) is 11.6 Å². The van der Waals surface area contributed by atoms with Crippen LogP contribution in [0.25, 0.3) is 0 Å². The van der Waals surface area contributed by atoms with Gasteiger partial charge in [-0.1, -0.05) is 24.3 Å². The molecular formula is C16H16F2N2O. The Bertz CT molecular complexity index is 658. The van der Waals surface area contributed by atoms with Crippen LogP contribution >= 0.6 is 0 Å². The standard InChI is InChI=1S/C16H16F2N2O/c1-10(11-4-2-6-13(19)8-11)20-15(21)9-12-5-3-7-14(17)16(12)18/h2-8,10H,9,19H2,1H3,(H,20,21). The van der Waals surface area contributed by atoms with E-state index in [1.807, 2.05) is 6.07 Å². The normalized spacial score (nSPS) is 12.0. The number of hydrogen-bond donors (Lipinski definition) is 2. The third kappa shape index (κ3) is 3.78. The van der Waals surface area contributed by atoms with E-state index < -0.39 is 11.6 Å². The number of amides is 1. The van der Waals surface area contributed by atoms with Crippen molar-refractivity contribution in [2.45, 2.75) is 19.4 Å². The molecule has 0 saturated carbocycles. The van der Waals surface area contributed by atoms with E-state index in [1.54, 1.807) is 25.1 Å². The van der Waals surface area contributed by atoms with Gasteiger partial charge in [-0.25, -0.2) is 8.78 Å². The number of nitrogens with two attached hydrogens (primary N) is 1. The minimum absolute atomic E-state index is 0.0345. The van der Waals surface area contributed by atoms with E-state index in [4.69, 9.17) is 5.73 Å². The van der Waals surface area contributed by atoms with E-state index in [2.05, 4.69) is 5.32 Å². The molecular weight excluding hydrogens is 274 g/mol. The number of hydrogen-bond acceptors (Lipinski definition) is 2. The summed E-state index contributed by atoms with van der Waals surface area (Å²) in [6.45, 7) is 1.80. The second kappa shape index (κ2) is 6.35. The number of carbonyl (C=O) groups is 1. The quantitative estimate of drug-likeness (QED) is 0.851. The number of benzene rings is 2. The molecule has 2 aromatic carbocycles. The molecule has 2 rings (SSSR count). The molecule has 5 heteroatoms. The summed E-state index contributed by atoms with van der Waals surface area (Å²) in [7, 11) is 0. The number of halogens is 2. The van der Waals surface area contributed by atoms with Crippen LogP contribution in [0.1, 0.15) is 24.1 Å². The summed E-state index contributed by atoms with van der Waals surface area (Å²) in [6, 6.07) is 10.7. The third-order valence-corrected chi connectivity index (χ3v) is 3.17. The lowest BCUT2D eigenvalue weighted by Crippen LogP contribution is -2.28. The Morgan fingerprint density at radius 2 is 1.95 bits per heavy atom. The fourth-order valence-corrected chi connectivity index (χ4v) is 2.06. The van der Waals surface area contributed by atoms with Crippen molar-refractivity contribution in [3.8, 4) is 0 Å². The second-order valence-corrected chi connectivity index (χ2v) is 4.85. The molecule has 1 amide bonds. The van der Waals surface area contributed by atoms with Crippen LogP contribution in [0.2, 0.25) is 0 Å². The maximum atomic E-state index is 13.5. The largest absolute Gasteiger partial charge is 0.399 e. The van der Waals surface area contributed by atoms with Crippen LogP contribution < -0.4 is 11.1 Å². The zero-order valence-corrected chi connectivity index (χ0v) is 11.6. The van der Waals surface area contributed by atoms with Crippen molar-refractivity contribution in [1.29, 1.82) is 0 Å². The monoisotopic (exact) mass is 290 g/mol. The Balaban J connectivity index is 2.03. The van der Waals surface area contributed by atoms with Gasteiger partial charge < -0.3 is 11.1 Å². The SMILES string of the molecule is CC(NC(=O)Cc1cccc(F)c1F)c1cccc(N)c1. The zero-order chi connectivity index (χ0) is 15.4. The van der Waals surface area contributed by atoms with Gasteiger partial charge in [-0.2, -0.15) is 0 Å². The maximum absolute atomic E-state index is 13.5. The number of carbonyl (C=O) groups excluding carboxylic acids is 1. The van der Waals surface area contributed by atoms with Crippen molar-refractivity contribution in [3.63, 3.8) is 0 Å². The fraction of sp³-hybridized carbons (Fsp3) is 0.188. The number of nitrogens with one attached hydrogen (secondary N) is 1.